The molecule has 0 spiro atoms. The minimum absolute atomic E-state index is 0.0460. The van der Waals surface area contributed by atoms with E-state index < -0.39 is 112 Å². The van der Waals surface area contributed by atoms with Crippen LogP contribution in [0.25, 0.3) is 0 Å². The van der Waals surface area contributed by atoms with Gasteiger partial charge in [0.05, 0.1) is 35.6 Å². The van der Waals surface area contributed by atoms with Crippen molar-refractivity contribution < 1.29 is 63.3 Å². The topological polar surface area (TPSA) is 215 Å². The van der Waals surface area contributed by atoms with Gasteiger partial charge in [-0.05, 0) is 42.7 Å². The largest absolute Gasteiger partial charge is 0.456 e. The van der Waals surface area contributed by atoms with Crippen molar-refractivity contribution in [1.29, 1.82) is 0 Å². The molecule has 2 saturated carbocycles. The molecule has 0 aromatic heterocycles. The van der Waals surface area contributed by atoms with Gasteiger partial charge in [-0.1, -0.05) is 83.1 Å². The first-order valence-electron chi connectivity index (χ1n) is 19.2. The normalized spacial score (nSPS) is 34.1. The first kappa shape index (κ1) is 42.1. The second-order valence-electron chi connectivity index (χ2n) is 17.7. The molecule has 1 saturated heterocycles. The average molecular weight is 792 g/mol. The number of ether oxygens (including phenoxy) is 4. The molecule has 1 unspecified atom stereocenters. The van der Waals surface area contributed by atoms with E-state index in [1.807, 2.05) is 0 Å². The molecule has 0 radical (unpaired) electrons. The number of ketones is 1. The molecule has 1 aliphatic heterocycles. The molecule has 1 amide bonds. The molecule has 11 atom stereocenters. The molecule has 14 nitrogen and oxygen atoms in total. The van der Waals surface area contributed by atoms with Crippen molar-refractivity contribution in [3.8, 4) is 0 Å². The minimum atomic E-state index is -2.33. The Morgan fingerprint density at radius 2 is 1.54 bits per heavy atom. The lowest BCUT2D eigenvalue weighted by molar-refractivity contribution is -0.346. The van der Waals surface area contributed by atoms with Crippen molar-refractivity contribution in [3.63, 3.8) is 0 Å². The highest BCUT2D eigenvalue weighted by molar-refractivity contribution is 5.94. The molecule has 5 N–H and O–H groups in total. The van der Waals surface area contributed by atoms with Crippen molar-refractivity contribution in [2.24, 2.45) is 22.2 Å². The zero-order valence-electron chi connectivity index (χ0n) is 33.5. The summed E-state index contributed by atoms with van der Waals surface area (Å²) in [5.74, 6) is -5.73. The Morgan fingerprint density at radius 3 is 2.09 bits per heavy atom. The fourth-order valence-electron chi connectivity index (χ4n) is 9.48. The van der Waals surface area contributed by atoms with Crippen LogP contribution in [0.4, 0.5) is 0 Å². The lowest BCUT2D eigenvalue weighted by Crippen LogP contribution is -2.81. The molecule has 1 heterocycles. The Balaban J connectivity index is 1.50. The zero-order chi connectivity index (χ0) is 42.0. The van der Waals surface area contributed by atoms with E-state index in [4.69, 9.17) is 18.9 Å². The van der Waals surface area contributed by atoms with Crippen LogP contribution in [0, 0.1) is 22.2 Å². The van der Waals surface area contributed by atoms with Crippen LogP contribution < -0.4 is 5.32 Å². The van der Waals surface area contributed by atoms with E-state index in [-0.39, 0.29) is 29.7 Å². The summed E-state index contributed by atoms with van der Waals surface area (Å²) in [5.41, 5.74) is -7.94. The fourth-order valence-corrected chi connectivity index (χ4v) is 9.48. The Labute approximate surface area is 331 Å². The van der Waals surface area contributed by atoms with Crippen LogP contribution >= 0.6 is 0 Å². The van der Waals surface area contributed by atoms with E-state index in [1.165, 1.54) is 26.0 Å². The third kappa shape index (κ3) is 6.78. The Kier molecular flexibility index (Phi) is 10.9. The van der Waals surface area contributed by atoms with Gasteiger partial charge in [-0.2, -0.15) is 0 Å². The quantitative estimate of drug-likeness (QED) is 0.148. The molecule has 2 aromatic rings. The van der Waals surface area contributed by atoms with Crippen LogP contribution in [-0.4, -0.2) is 104 Å². The summed E-state index contributed by atoms with van der Waals surface area (Å²) in [7, 11) is 0. The van der Waals surface area contributed by atoms with Gasteiger partial charge >= 0.3 is 17.9 Å². The molecule has 3 fully saturated rings. The highest BCUT2D eigenvalue weighted by Crippen LogP contribution is 2.64. The first-order valence-corrected chi connectivity index (χ1v) is 19.2. The standard InChI is InChI=1S/C43H53NO13/c1-22-26(55-37(51)32(48)30(24-15-11-9-12-16-24)44-38(52)39(3,4)5)20-43(53)35(56-36(50)25-17-13-10-14-18-25)33-41(8,34(49)31(47)29(22)40(43,6)7)27(46)19-28-42(33,21-54-28)57-23(2)45/h9-18,26-28,30-33,35,46-48,53H,19-21H2,1-8H3,(H,44,52)/t26-,27-,28+,30-,31+,32+,33?,35-,41+,42-,43+/m0/s1. The van der Waals surface area contributed by atoms with Crippen molar-refractivity contribution in [2.75, 3.05) is 6.61 Å². The number of carbonyl (C=O) groups is 5. The van der Waals surface area contributed by atoms with Crippen LogP contribution in [0.3, 0.4) is 0 Å². The third-order valence-electron chi connectivity index (χ3n) is 12.9. The van der Waals surface area contributed by atoms with Crippen LogP contribution in [-0.2, 0) is 38.1 Å². The lowest BCUT2D eigenvalue weighted by Gasteiger charge is -2.67. The summed E-state index contributed by atoms with van der Waals surface area (Å²) < 4.78 is 24.2. The van der Waals surface area contributed by atoms with Crippen LogP contribution in [0.15, 0.2) is 71.8 Å². The van der Waals surface area contributed by atoms with Gasteiger partial charge in [-0.15, -0.1) is 0 Å². The summed E-state index contributed by atoms with van der Waals surface area (Å²) in [6.45, 7) is 11.9. The number of fused-ring (bicyclic) bond motifs is 5. The number of rotatable bonds is 8. The van der Waals surface area contributed by atoms with Gasteiger partial charge in [0.15, 0.2) is 17.5 Å². The molecule has 14 heteroatoms. The van der Waals surface area contributed by atoms with E-state index in [1.54, 1.807) is 83.1 Å². The van der Waals surface area contributed by atoms with Gasteiger partial charge in [0.2, 0.25) is 5.91 Å². The minimum Gasteiger partial charge on any atom is -0.456 e. The Morgan fingerprint density at radius 1 is 0.947 bits per heavy atom. The summed E-state index contributed by atoms with van der Waals surface area (Å²) in [6.07, 6.45) is -10.4. The van der Waals surface area contributed by atoms with E-state index in [0.29, 0.717) is 5.56 Å². The Bertz CT molecular complexity index is 1960. The third-order valence-corrected chi connectivity index (χ3v) is 12.9. The maximum atomic E-state index is 14.9. The van der Waals surface area contributed by atoms with Crippen LogP contribution in [0.5, 0.6) is 0 Å². The predicted octanol–water partition coefficient (Wildman–Crippen LogP) is 2.90. The van der Waals surface area contributed by atoms with Crippen LogP contribution in [0.1, 0.15) is 90.2 Å². The van der Waals surface area contributed by atoms with Gasteiger partial charge in [0, 0.05) is 30.6 Å². The smallest absolute Gasteiger partial charge is 0.338 e. The highest BCUT2D eigenvalue weighted by atomic mass is 16.6. The number of aliphatic hydroxyl groups is 4. The van der Waals surface area contributed by atoms with Crippen molar-refractivity contribution >= 4 is 29.6 Å². The van der Waals surface area contributed by atoms with Crippen molar-refractivity contribution in [2.45, 2.75) is 122 Å². The predicted molar refractivity (Wildman–Crippen MR) is 202 cm³/mol. The first-order chi connectivity index (χ1) is 26.5. The molecular weight excluding hydrogens is 738 g/mol. The van der Waals surface area contributed by atoms with Gasteiger partial charge in [0.25, 0.3) is 0 Å². The average Bonchev–Trinajstić information content (AvgIpc) is 3.15. The number of nitrogens with one attached hydrogen (secondary N) is 1. The Hall–Kier alpha value is -4.47. The number of carbonyl (C=O) groups excluding carboxylic acids is 5. The molecule has 4 aliphatic rings. The molecule has 2 bridgehead atoms. The number of Topliss-reactive ketones (excluding diaryl/α,β-unsaturated/α-hetero) is 1. The van der Waals surface area contributed by atoms with Gasteiger partial charge < -0.3 is 44.7 Å². The van der Waals surface area contributed by atoms with Crippen molar-refractivity contribution in [1.82, 2.24) is 5.32 Å². The molecule has 6 rings (SSSR count). The van der Waals surface area contributed by atoms with E-state index in [0.717, 1.165) is 6.92 Å². The molecule has 2 aromatic carbocycles. The second kappa shape index (κ2) is 14.7. The number of benzene rings is 2. The molecule has 3 aliphatic carbocycles. The fraction of sp³-hybridized carbons (Fsp3) is 0.558. The zero-order valence-corrected chi connectivity index (χ0v) is 33.5. The molecule has 57 heavy (non-hydrogen) atoms. The van der Waals surface area contributed by atoms with Gasteiger partial charge in [-0.3, -0.25) is 14.4 Å². The van der Waals surface area contributed by atoms with Crippen molar-refractivity contribution in [3.05, 3.63) is 82.9 Å². The number of hydrogen-bond acceptors (Lipinski definition) is 13. The molecule has 308 valence electrons. The number of amides is 1. The van der Waals surface area contributed by atoms with Gasteiger partial charge in [0.1, 0.15) is 30.0 Å². The van der Waals surface area contributed by atoms with E-state index in [2.05, 4.69) is 5.32 Å². The summed E-state index contributed by atoms with van der Waals surface area (Å²) >= 11 is 0. The number of esters is 3. The summed E-state index contributed by atoms with van der Waals surface area (Å²) in [6, 6.07) is 15.0. The highest BCUT2D eigenvalue weighted by Gasteiger charge is 2.78. The SMILES string of the molecule is CC(=O)O[C@@]12CO[C@@H]1C[C@H](O)[C@@]1(C)C(=O)[C@H](O)C3=C(C)[C@@H](OC(=O)[C@H](O)[C@@H](NC(=O)C(C)(C)C)c4ccccc4)C[C@@](O)([C@@H](OC(=O)c4ccccc4)C12)C3(C)C. The molecular formula is C43H53NO13. The monoisotopic (exact) mass is 791 g/mol. The second-order valence-corrected chi connectivity index (χ2v) is 17.7. The maximum absolute atomic E-state index is 14.9. The van der Waals surface area contributed by atoms with E-state index in [9.17, 15) is 44.4 Å². The summed E-state index contributed by atoms with van der Waals surface area (Å²) in [5, 5.41) is 51.8. The van der Waals surface area contributed by atoms with E-state index >= 15 is 0 Å². The van der Waals surface area contributed by atoms with Crippen LogP contribution in [0.2, 0.25) is 0 Å². The summed E-state index contributed by atoms with van der Waals surface area (Å²) in [4.78, 5) is 69.1. The number of hydrogen-bond donors (Lipinski definition) is 5. The number of aliphatic hydroxyl groups excluding tert-OH is 3. The maximum Gasteiger partial charge on any atom is 0.338 e. The lowest BCUT2D eigenvalue weighted by atomic mass is 9.44. The van der Waals surface area contributed by atoms with Gasteiger partial charge in [-0.25, -0.2) is 9.59 Å².